The van der Waals surface area contributed by atoms with Gasteiger partial charge in [0.15, 0.2) is 5.11 Å². The Hall–Kier alpha value is -2.29. The molecule has 27 heavy (non-hydrogen) atoms. The molecule has 0 aromatic carbocycles. The summed E-state index contributed by atoms with van der Waals surface area (Å²) < 4.78 is 1.64. The number of hydrazine groups is 1. The lowest BCUT2D eigenvalue weighted by Crippen LogP contribution is -2.52. The van der Waals surface area contributed by atoms with E-state index >= 15 is 0 Å². The van der Waals surface area contributed by atoms with Gasteiger partial charge in [-0.3, -0.25) is 15.6 Å². The zero-order valence-corrected chi connectivity index (χ0v) is 17.1. The summed E-state index contributed by atoms with van der Waals surface area (Å²) in [6.07, 6.45) is 5.21. The Bertz CT molecular complexity index is 850. The molecule has 8 nitrogen and oxygen atoms in total. The standard InChI is InChI=1S/C18H27N7OS/c1-10-6-5-7-15(11(10)2)22-18(27)24-23-16(26)8-14-12(3)21-17-19-9-20-25(17)13(14)4/h9-11,15H,5-8H2,1-4H3,(H,23,26)(H2,22,24,27)/t10-,11+,15-/m1/s1. The van der Waals surface area contributed by atoms with Crippen LogP contribution in [0.4, 0.5) is 0 Å². The zero-order valence-electron chi connectivity index (χ0n) is 16.2. The van der Waals surface area contributed by atoms with E-state index in [0.29, 0.717) is 28.8 Å². The van der Waals surface area contributed by atoms with Crippen LogP contribution in [0.25, 0.3) is 5.78 Å². The predicted octanol–water partition coefficient (Wildman–Crippen LogP) is 1.60. The molecule has 2 aromatic rings. The number of fused-ring (bicyclic) bond motifs is 1. The quantitative estimate of drug-likeness (QED) is 0.542. The molecule has 3 atom stereocenters. The Balaban J connectivity index is 1.55. The smallest absolute Gasteiger partial charge is 0.252 e. The van der Waals surface area contributed by atoms with E-state index in [9.17, 15) is 4.79 Å². The summed E-state index contributed by atoms with van der Waals surface area (Å²) >= 11 is 5.34. The SMILES string of the molecule is Cc1nc2ncnn2c(C)c1CC(=O)NNC(=S)N[C@@H]1CCC[C@@H](C)[C@@H]1C. The Morgan fingerprint density at radius 3 is 2.85 bits per heavy atom. The number of rotatable bonds is 3. The van der Waals surface area contributed by atoms with Gasteiger partial charge in [-0.25, -0.2) is 9.50 Å². The third-order valence-electron chi connectivity index (χ3n) is 5.66. The van der Waals surface area contributed by atoms with Crippen molar-refractivity contribution in [3.8, 4) is 0 Å². The van der Waals surface area contributed by atoms with Crippen molar-refractivity contribution in [3.05, 3.63) is 23.3 Å². The van der Waals surface area contributed by atoms with E-state index in [1.54, 1.807) is 4.52 Å². The first-order valence-electron chi connectivity index (χ1n) is 9.38. The van der Waals surface area contributed by atoms with E-state index in [1.165, 1.54) is 19.2 Å². The first-order chi connectivity index (χ1) is 12.9. The van der Waals surface area contributed by atoms with Crippen molar-refractivity contribution in [2.45, 2.75) is 59.4 Å². The van der Waals surface area contributed by atoms with Gasteiger partial charge in [0, 0.05) is 23.0 Å². The number of carbonyl (C=O) groups is 1. The molecule has 0 bridgehead atoms. The maximum atomic E-state index is 12.4. The van der Waals surface area contributed by atoms with Crippen molar-refractivity contribution in [3.63, 3.8) is 0 Å². The molecular formula is C18H27N7OS. The van der Waals surface area contributed by atoms with Gasteiger partial charge < -0.3 is 5.32 Å². The molecule has 0 unspecified atom stereocenters. The minimum Gasteiger partial charge on any atom is -0.358 e. The number of hydrogen-bond acceptors (Lipinski definition) is 5. The first-order valence-corrected chi connectivity index (χ1v) is 9.78. The van der Waals surface area contributed by atoms with Gasteiger partial charge in [-0.05, 0) is 44.3 Å². The molecule has 0 radical (unpaired) electrons. The maximum Gasteiger partial charge on any atom is 0.252 e. The summed E-state index contributed by atoms with van der Waals surface area (Å²) in [5, 5.41) is 7.93. The molecule has 0 spiro atoms. The fourth-order valence-corrected chi connectivity index (χ4v) is 3.94. The van der Waals surface area contributed by atoms with Crippen LogP contribution in [0, 0.1) is 25.7 Å². The number of aryl methyl sites for hydroxylation is 2. The molecule has 3 N–H and O–H groups in total. The number of hydrogen-bond donors (Lipinski definition) is 3. The second-order valence-corrected chi connectivity index (χ2v) is 7.84. The highest BCUT2D eigenvalue weighted by atomic mass is 32.1. The summed E-state index contributed by atoms with van der Waals surface area (Å²) in [4.78, 5) is 20.8. The highest BCUT2D eigenvalue weighted by molar-refractivity contribution is 7.80. The molecule has 1 fully saturated rings. The van der Waals surface area contributed by atoms with Crippen LogP contribution in [0.1, 0.15) is 50.1 Å². The number of nitrogens with one attached hydrogen (secondary N) is 3. The zero-order chi connectivity index (χ0) is 19.6. The van der Waals surface area contributed by atoms with E-state index in [1.807, 2.05) is 13.8 Å². The van der Waals surface area contributed by atoms with Crippen molar-refractivity contribution >= 4 is 29.0 Å². The Labute approximate surface area is 164 Å². The van der Waals surface area contributed by atoms with Crippen molar-refractivity contribution in [1.82, 2.24) is 35.8 Å². The van der Waals surface area contributed by atoms with Gasteiger partial charge >= 0.3 is 0 Å². The van der Waals surface area contributed by atoms with Gasteiger partial charge in [-0.2, -0.15) is 10.1 Å². The number of aromatic nitrogens is 4. The monoisotopic (exact) mass is 389 g/mol. The molecule has 2 heterocycles. The van der Waals surface area contributed by atoms with Crippen LogP contribution < -0.4 is 16.2 Å². The van der Waals surface area contributed by atoms with Crippen molar-refractivity contribution < 1.29 is 4.79 Å². The normalized spacial score (nSPS) is 22.4. The summed E-state index contributed by atoms with van der Waals surface area (Å²) in [6.45, 7) is 8.31. The molecule has 1 aliphatic rings. The minimum atomic E-state index is -0.184. The lowest BCUT2D eigenvalue weighted by atomic mass is 9.78. The molecule has 2 aromatic heterocycles. The van der Waals surface area contributed by atoms with Gasteiger partial charge in [0.1, 0.15) is 6.33 Å². The second-order valence-electron chi connectivity index (χ2n) is 7.43. The number of nitrogens with zero attached hydrogens (tertiary/aromatic N) is 4. The average molecular weight is 390 g/mol. The van der Waals surface area contributed by atoms with Crippen molar-refractivity contribution in [2.75, 3.05) is 0 Å². The van der Waals surface area contributed by atoms with Crippen molar-refractivity contribution in [2.24, 2.45) is 11.8 Å². The van der Waals surface area contributed by atoms with Gasteiger partial charge in [-0.15, -0.1) is 0 Å². The largest absolute Gasteiger partial charge is 0.358 e. The number of thiocarbonyl (C=S) groups is 1. The van der Waals surface area contributed by atoms with Crippen LogP contribution in [0.5, 0.6) is 0 Å². The number of amides is 1. The van der Waals surface area contributed by atoms with Crippen LogP contribution in [0.15, 0.2) is 6.33 Å². The highest BCUT2D eigenvalue weighted by Gasteiger charge is 2.27. The third-order valence-corrected chi connectivity index (χ3v) is 5.88. The van der Waals surface area contributed by atoms with Gasteiger partial charge in [0.05, 0.1) is 6.42 Å². The molecule has 0 saturated heterocycles. The highest BCUT2D eigenvalue weighted by Crippen LogP contribution is 2.29. The molecule has 146 valence electrons. The summed E-state index contributed by atoms with van der Waals surface area (Å²) in [7, 11) is 0. The maximum absolute atomic E-state index is 12.4. The van der Waals surface area contributed by atoms with Crippen LogP contribution >= 0.6 is 12.2 Å². The van der Waals surface area contributed by atoms with Crippen LogP contribution in [0.3, 0.4) is 0 Å². The lowest BCUT2D eigenvalue weighted by molar-refractivity contribution is -0.121. The summed E-state index contributed by atoms with van der Waals surface area (Å²) in [6, 6.07) is 0.342. The Kier molecular flexibility index (Phi) is 5.88. The molecule has 1 aliphatic carbocycles. The third kappa shape index (κ3) is 4.35. The van der Waals surface area contributed by atoms with E-state index in [0.717, 1.165) is 23.4 Å². The van der Waals surface area contributed by atoms with Crippen LogP contribution in [-0.2, 0) is 11.2 Å². The Morgan fingerprint density at radius 2 is 2.07 bits per heavy atom. The van der Waals surface area contributed by atoms with E-state index in [2.05, 4.69) is 45.1 Å². The molecule has 3 rings (SSSR count). The molecule has 9 heteroatoms. The number of carbonyl (C=O) groups excluding carboxylic acids is 1. The average Bonchev–Trinajstić information content (AvgIpc) is 3.09. The predicted molar refractivity (Wildman–Crippen MR) is 107 cm³/mol. The van der Waals surface area contributed by atoms with Crippen LogP contribution in [-0.4, -0.2) is 36.6 Å². The second kappa shape index (κ2) is 8.16. The topological polar surface area (TPSA) is 96.2 Å². The fourth-order valence-electron chi connectivity index (χ4n) is 3.73. The van der Waals surface area contributed by atoms with E-state index < -0.39 is 0 Å². The molecular weight excluding hydrogens is 362 g/mol. The lowest BCUT2D eigenvalue weighted by Gasteiger charge is -2.35. The van der Waals surface area contributed by atoms with Gasteiger partial charge in [0.25, 0.3) is 5.78 Å². The summed E-state index contributed by atoms with van der Waals surface area (Å²) in [5.74, 6) is 1.59. The fraction of sp³-hybridized carbons (Fsp3) is 0.611. The molecule has 1 amide bonds. The van der Waals surface area contributed by atoms with E-state index in [4.69, 9.17) is 12.2 Å². The van der Waals surface area contributed by atoms with Gasteiger partial charge in [-0.1, -0.05) is 26.7 Å². The minimum absolute atomic E-state index is 0.184. The molecule has 0 aliphatic heterocycles. The van der Waals surface area contributed by atoms with E-state index in [-0.39, 0.29) is 12.3 Å². The van der Waals surface area contributed by atoms with Crippen molar-refractivity contribution in [1.29, 1.82) is 0 Å². The van der Waals surface area contributed by atoms with Crippen LogP contribution in [0.2, 0.25) is 0 Å². The Morgan fingerprint density at radius 1 is 1.30 bits per heavy atom. The van der Waals surface area contributed by atoms with Gasteiger partial charge in [0.2, 0.25) is 5.91 Å². The summed E-state index contributed by atoms with van der Waals surface area (Å²) in [5.41, 5.74) is 7.96. The molecule has 1 saturated carbocycles. The first kappa shape index (κ1) is 19.5.